The maximum absolute atomic E-state index is 3.72. The summed E-state index contributed by atoms with van der Waals surface area (Å²) in [5, 5.41) is 3.72. The van der Waals surface area contributed by atoms with Crippen molar-refractivity contribution >= 4 is 5.69 Å². The number of nitrogens with one attached hydrogen (secondary N) is 1. The lowest BCUT2D eigenvalue weighted by molar-refractivity contribution is 0.813. The van der Waals surface area contributed by atoms with Gasteiger partial charge in [-0.25, -0.2) is 0 Å². The predicted octanol–water partition coefficient (Wildman–Crippen LogP) is 4.63. The molecular weight excluding hydrogens is 230 g/mol. The summed E-state index contributed by atoms with van der Waals surface area (Å²) >= 11 is 0. The van der Waals surface area contributed by atoms with Crippen LogP contribution in [0.5, 0.6) is 0 Å². The summed E-state index contributed by atoms with van der Waals surface area (Å²) in [7, 11) is 0. The van der Waals surface area contributed by atoms with E-state index in [4.69, 9.17) is 0 Å². The first-order valence-electron chi connectivity index (χ1n) is 6.99. The molecule has 19 heavy (non-hydrogen) atoms. The van der Waals surface area contributed by atoms with Gasteiger partial charge in [0.25, 0.3) is 0 Å². The summed E-state index contributed by atoms with van der Waals surface area (Å²) in [6.45, 7) is 8.77. The first kappa shape index (κ1) is 12.3. The first-order chi connectivity index (χ1) is 9.06. The summed E-state index contributed by atoms with van der Waals surface area (Å²) in [5.41, 5.74) is 9.76. The van der Waals surface area contributed by atoms with E-state index in [1.54, 1.807) is 0 Å². The molecular formula is C18H21N. The van der Waals surface area contributed by atoms with Crippen molar-refractivity contribution in [2.45, 2.75) is 40.2 Å². The third kappa shape index (κ3) is 2.03. The van der Waals surface area contributed by atoms with Gasteiger partial charge in [-0.3, -0.25) is 0 Å². The monoisotopic (exact) mass is 251 g/mol. The lowest BCUT2D eigenvalue weighted by atomic mass is 9.95. The Morgan fingerprint density at radius 3 is 2.32 bits per heavy atom. The maximum atomic E-state index is 3.72. The second-order valence-electron chi connectivity index (χ2n) is 5.81. The van der Waals surface area contributed by atoms with Crippen molar-refractivity contribution < 1.29 is 0 Å². The van der Waals surface area contributed by atoms with Crippen molar-refractivity contribution in [1.29, 1.82) is 0 Å². The molecule has 0 saturated carbocycles. The van der Waals surface area contributed by atoms with Crippen LogP contribution in [-0.2, 0) is 6.42 Å². The smallest absolute Gasteiger partial charge is 0.0557 e. The molecule has 0 aromatic heterocycles. The van der Waals surface area contributed by atoms with E-state index in [-0.39, 0.29) is 0 Å². The molecule has 1 N–H and O–H groups in total. The molecule has 3 rings (SSSR count). The number of benzene rings is 2. The summed E-state index contributed by atoms with van der Waals surface area (Å²) in [4.78, 5) is 0. The molecule has 0 fully saturated rings. The quantitative estimate of drug-likeness (QED) is 0.779. The maximum Gasteiger partial charge on any atom is 0.0557 e. The second-order valence-corrected chi connectivity index (χ2v) is 5.81. The molecule has 2 aromatic carbocycles. The Balaban J connectivity index is 2.00. The van der Waals surface area contributed by atoms with Crippen LogP contribution in [0.15, 0.2) is 30.3 Å². The summed E-state index contributed by atoms with van der Waals surface area (Å²) in [6.07, 6.45) is 1.10. The van der Waals surface area contributed by atoms with Gasteiger partial charge in [0.2, 0.25) is 0 Å². The van der Waals surface area contributed by atoms with E-state index in [2.05, 4.69) is 63.3 Å². The Hall–Kier alpha value is -1.76. The Labute approximate surface area is 115 Å². The third-order valence-electron chi connectivity index (χ3n) is 4.28. The van der Waals surface area contributed by atoms with Crippen LogP contribution in [0.1, 0.15) is 39.4 Å². The third-order valence-corrected chi connectivity index (χ3v) is 4.28. The number of anilines is 1. The highest BCUT2D eigenvalue weighted by Crippen LogP contribution is 2.39. The zero-order valence-electron chi connectivity index (χ0n) is 12.2. The SMILES string of the molecule is Cc1ccc(C2Cc3c(C)ccc(C)c3N2)c(C)c1. The van der Waals surface area contributed by atoms with Crippen molar-refractivity contribution in [3.63, 3.8) is 0 Å². The highest BCUT2D eigenvalue weighted by atomic mass is 15.0. The zero-order chi connectivity index (χ0) is 13.6. The first-order valence-corrected chi connectivity index (χ1v) is 6.99. The van der Waals surface area contributed by atoms with Gasteiger partial charge >= 0.3 is 0 Å². The Morgan fingerprint density at radius 2 is 1.63 bits per heavy atom. The van der Waals surface area contributed by atoms with E-state index < -0.39 is 0 Å². The molecule has 98 valence electrons. The van der Waals surface area contributed by atoms with Gasteiger partial charge in [-0.05, 0) is 61.9 Å². The van der Waals surface area contributed by atoms with Crippen LogP contribution >= 0.6 is 0 Å². The van der Waals surface area contributed by atoms with Gasteiger partial charge in [0.05, 0.1) is 6.04 Å². The molecule has 1 aliphatic rings. The molecule has 2 aromatic rings. The predicted molar refractivity (Wildman–Crippen MR) is 81.9 cm³/mol. The molecule has 1 heterocycles. The standard InChI is InChI=1S/C18H21N/c1-11-5-8-15(14(4)9-11)17-10-16-12(2)6-7-13(3)18(16)19-17/h5-9,17,19H,10H2,1-4H3. The van der Waals surface area contributed by atoms with Crippen LogP contribution in [0.2, 0.25) is 0 Å². The fourth-order valence-corrected chi connectivity index (χ4v) is 3.17. The molecule has 1 heteroatoms. The van der Waals surface area contributed by atoms with Gasteiger partial charge in [-0.1, -0.05) is 35.9 Å². The van der Waals surface area contributed by atoms with Crippen molar-refractivity contribution in [3.8, 4) is 0 Å². The Kier molecular flexibility index (Phi) is 2.85. The van der Waals surface area contributed by atoms with Crippen LogP contribution in [0.3, 0.4) is 0 Å². The van der Waals surface area contributed by atoms with E-state index >= 15 is 0 Å². The summed E-state index contributed by atoms with van der Waals surface area (Å²) < 4.78 is 0. The lowest BCUT2D eigenvalue weighted by Crippen LogP contribution is -2.08. The minimum atomic E-state index is 0.426. The number of rotatable bonds is 1. The minimum Gasteiger partial charge on any atom is -0.377 e. The van der Waals surface area contributed by atoms with Crippen LogP contribution in [-0.4, -0.2) is 0 Å². The average molecular weight is 251 g/mol. The molecule has 0 bridgehead atoms. The molecule has 0 amide bonds. The van der Waals surface area contributed by atoms with Crippen molar-refractivity contribution in [3.05, 3.63) is 63.7 Å². The lowest BCUT2D eigenvalue weighted by Gasteiger charge is -2.15. The highest BCUT2D eigenvalue weighted by molar-refractivity contribution is 5.65. The van der Waals surface area contributed by atoms with Gasteiger partial charge in [0.1, 0.15) is 0 Å². The van der Waals surface area contributed by atoms with E-state index in [0.717, 1.165) is 6.42 Å². The van der Waals surface area contributed by atoms with E-state index in [1.807, 2.05) is 0 Å². The van der Waals surface area contributed by atoms with Gasteiger partial charge in [-0.2, -0.15) is 0 Å². The number of aryl methyl sites for hydroxylation is 4. The van der Waals surface area contributed by atoms with E-state index in [9.17, 15) is 0 Å². The van der Waals surface area contributed by atoms with Gasteiger partial charge in [-0.15, -0.1) is 0 Å². The molecule has 1 atom stereocenters. The van der Waals surface area contributed by atoms with Crippen LogP contribution in [0, 0.1) is 27.7 Å². The Morgan fingerprint density at radius 1 is 0.895 bits per heavy atom. The second kappa shape index (κ2) is 4.41. The Bertz CT molecular complexity index is 609. The number of hydrogen-bond donors (Lipinski definition) is 1. The molecule has 1 aliphatic heterocycles. The van der Waals surface area contributed by atoms with E-state index in [1.165, 1.54) is 39.1 Å². The largest absolute Gasteiger partial charge is 0.377 e. The van der Waals surface area contributed by atoms with Gasteiger partial charge in [0, 0.05) is 5.69 Å². The molecule has 0 spiro atoms. The van der Waals surface area contributed by atoms with E-state index in [0.29, 0.717) is 6.04 Å². The number of hydrogen-bond acceptors (Lipinski definition) is 1. The fourth-order valence-electron chi connectivity index (χ4n) is 3.17. The number of fused-ring (bicyclic) bond motifs is 1. The highest BCUT2D eigenvalue weighted by Gasteiger charge is 2.25. The molecule has 1 unspecified atom stereocenters. The average Bonchev–Trinajstić information content (AvgIpc) is 2.80. The minimum absolute atomic E-state index is 0.426. The molecule has 0 radical (unpaired) electrons. The van der Waals surface area contributed by atoms with Crippen molar-refractivity contribution in [1.82, 2.24) is 0 Å². The van der Waals surface area contributed by atoms with Crippen LogP contribution in [0.25, 0.3) is 0 Å². The van der Waals surface area contributed by atoms with Crippen LogP contribution in [0.4, 0.5) is 5.69 Å². The van der Waals surface area contributed by atoms with Gasteiger partial charge < -0.3 is 5.32 Å². The molecule has 0 saturated heterocycles. The van der Waals surface area contributed by atoms with Crippen molar-refractivity contribution in [2.75, 3.05) is 5.32 Å². The normalized spacial score (nSPS) is 17.2. The molecule has 1 nitrogen and oxygen atoms in total. The van der Waals surface area contributed by atoms with Crippen LogP contribution < -0.4 is 5.32 Å². The topological polar surface area (TPSA) is 12.0 Å². The zero-order valence-corrected chi connectivity index (χ0v) is 12.2. The van der Waals surface area contributed by atoms with Gasteiger partial charge in [0.15, 0.2) is 0 Å². The summed E-state index contributed by atoms with van der Waals surface area (Å²) in [5.74, 6) is 0. The molecule has 0 aliphatic carbocycles. The summed E-state index contributed by atoms with van der Waals surface area (Å²) in [6, 6.07) is 11.6. The fraction of sp³-hybridized carbons (Fsp3) is 0.333. The van der Waals surface area contributed by atoms with Crippen molar-refractivity contribution in [2.24, 2.45) is 0 Å².